The van der Waals surface area contributed by atoms with Crippen molar-refractivity contribution in [3.05, 3.63) is 77.2 Å². The van der Waals surface area contributed by atoms with E-state index in [1.807, 2.05) is 35.4 Å². The Bertz CT molecular complexity index is 1430. The van der Waals surface area contributed by atoms with E-state index in [1.54, 1.807) is 6.92 Å². The molecule has 1 aliphatic carbocycles. The minimum atomic E-state index is 0. The molecular formula is C30H35N7O. The fourth-order valence-electron chi connectivity index (χ4n) is 6.70. The smallest absolute Gasteiger partial charge is 0.223 e. The zero-order chi connectivity index (χ0) is 25.1. The number of carbonyl (C=O) groups is 1. The lowest BCUT2D eigenvalue weighted by Crippen LogP contribution is -2.46. The number of para-hydroxylation sites is 2. The van der Waals surface area contributed by atoms with Gasteiger partial charge < -0.3 is 20.4 Å². The van der Waals surface area contributed by atoms with Gasteiger partial charge in [-0.25, -0.2) is 9.97 Å². The molecule has 2 aromatic carbocycles. The first-order valence-corrected chi connectivity index (χ1v) is 13.2. The van der Waals surface area contributed by atoms with Gasteiger partial charge in [-0.3, -0.25) is 9.79 Å². The molecular weight excluding hydrogens is 474 g/mol. The van der Waals surface area contributed by atoms with Gasteiger partial charge >= 0.3 is 0 Å². The van der Waals surface area contributed by atoms with E-state index in [2.05, 4.69) is 34.1 Å². The number of fused-ring (bicyclic) bond motifs is 3. The molecule has 1 fully saturated rings. The third-order valence-electron chi connectivity index (χ3n) is 8.74. The molecule has 8 heteroatoms. The van der Waals surface area contributed by atoms with Gasteiger partial charge in [-0.2, -0.15) is 0 Å². The quantitative estimate of drug-likeness (QED) is 0.531. The molecule has 1 saturated heterocycles. The number of amidine groups is 1. The zero-order valence-electron chi connectivity index (χ0n) is 21.1. The van der Waals surface area contributed by atoms with Crippen LogP contribution in [0.5, 0.6) is 0 Å². The van der Waals surface area contributed by atoms with Crippen molar-refractivity contribution >= 4 is 28.9 Å². The Hall–Kier alpha value is -3.78. The molecule has 0 radical (unpaired) electrons. The van der Waals surface area contributed by atoms with Crippen LogP contribution < -0.4 is 20.4 Å². The number of piperidine rings is 1. The van der Waals surface area contributed by atoms with Crippen LogP contribution in [0.25, 0.3) is 0 Å². The summed E-state index contributed by atoms with van der Waals surface area (Å²) in [5.41, 5.74) is 13.3. The maximum Gasteiger partial charge on any atom is 0.223 e. The van der Waals surface area contributed by atoms with Crippen LogP contribution in [-0.4, -0.2) is 47.9 Å². The van der Waals surface area contributed by atoms with Crippen molar-refractivity contribution in [2.75, 3.05) is 40.9 Å². The van der Waals surface area contributed by atoms with Crippen LogP contribution in [0, 0.1) is 5.41 Å². The van der Waals surface area contributed by atoms with E-state index >= 15 is 0 Å². The Kier molecular flexibility index (Phi) is 5.94. The van der Waals surface area contributed by atoms with Crippen LogP contribution in [0.4, 0.5) is 17.2 Å². The fourth-order valence-corrected chi connectivity index (χ4v) is 6.70. The lowest BCUT2D eigenvalue weighted by atomic mass is 9.73. The second-order valence-corrected chi connectivity index (χ2v) is 10.7. The summed E-state index contributed by atoms with van der Waals surface area (Å²) in [6.07, 6.45) is 5.09. The Balaban J connectivity index is 0.00000264. The summed E-state index contributed by atoms with van der Waals surface area (Å²) >= 11 is 0. The van der Waals surface area contributed by atoms with Gasteiger partial charge in [0.25, 0.3) is 0 Å². The van der Waals surface area contributed by atoms with E-state index < -0.39 is 0 Å². The van der Waals surface area contributed by atoms with E-state index in [0.717, 1.165) is 66.8 Å². The molecule has 196 valence electrons. The molecule has 4 aliphatic rings. The number of hydrogen-bond acceptors (Lipinski definition) is 7. The molecule has 8 nitrogen and oxygen atoms in total. The highest BCUT2D eigenvalue weighted by Gasteiger charge is 2.46. The van der Waals surface area contributed by atoms with Gasteiger partial charge in [-0.1, -0.05) is 43.8 Å². The van der Waals surface area contributed by atoms with Crippen LogP contribution in [0.3, 0.4) is 0 Å². The molecule has 1 spiro atoms. The van der Waals surface area contributed by atoms with Gasteiger partial charge in [0.1, 0.15) is 11.5 Å². The summed E-state index contributed by atoms with van der Waals surface area (Å²) in [5.74, 6) is 1.82. The molecule has 3 aliphatic heterocycles. The first-order chi connectivity index (χ1) is 18.0. The highest BCUT2D eigenvalue weighted by molar-refractivity contribution is 6.13. The van der Waals surface area contributed by atoms with Crippen LogP contribution >= 0.6 is 0 Å². The molecule has 1 amide bonds. The van der Waals surface area contributed by atoms with Crippen molar-refractivity contribution in [2.24, 2.45) is 16.1 Å². The predicted molar refractivity (Wildman–Crippen MR) is 152 cm³/mol. The molecule has 2 N–H and O–H groups in total. The number of aliphatic imine (C=N–C) groups is 1. The average molecular weight is 510 g/mol. The Labute approximate surface area is 224 Å². The standard InChI is InChI=1S/C29H31N7O.CH4/c1-19(37)35-14-15-36(24-9-5-4-8-23(24)35)28-26-22(17-32-28)33-25(18-31-26)34-12-10-29(11-13-34)16-20-6-2-3-7-21(20)27(29)30;/h2-9,18,27H,10-17,30H2,1H3;1H4/t27-;/m0./s1. The summed E-state index contributed by atoms with van der Waals surface area (Å²) < 4.78 is 0. The SMILES string of the molecule is C.CC(=O)N1CCN(C2=NCc3nc(N4CCC5(CC4)Cc4ccccc4[C@@H]5N)cnc32)c2ccccc21. The lowest BCUT2D eigenvalue weighted by molar-refractivity contribution is -0.116. The van der Waals surface area contributed by atoms with Crippen LogP contribution in [0.1, 0.15) is 55.7 Å². The fraction of sp³-hybridized carbons (Fsp3) is 0.400. The number of anilines is 3. The van der Waals surface area contributed by atoms with Gasteiger partial charge in [0.05, 0.1) is 29.8 Å². The minimum Gasteiger partial charge on any atom is -0.355 e. The molecule has 7 rings (SSSR count). The van der Waals surface area contributed by atoms with Gasteiger partial charge in [0.2, 0.25) is 5.91 Å². The third-order valence-corrected chi connectivity index (χ3v) is 8.74. The van der Waals surface area contributed by atoms with E-state index in [9.17, 15) is 4.79 Å². The molecule has 38 heavy (non-hydrogen) atoms. The molecule has 3 aromatic rings. The van der Waals surface area contributed by atoms with Gasteiger partial charge in [-0.15, -0.1) is 0 Å². The molecule has 1 atom stereocenters. The van der Waals surface area contributed by atoms with Gasteiger partial charge in [0.15, 0.2) is 5.84 Å². The van der Waals surface area contributed by atoms with Gasteiger partial charge in [-0.05, 0) is 47.9 Å². The van der Waals surface area contributed by atoms with E-state index in [0.29, 0.717) is 19.6 Å². The Morgan fingerprint density at radius 3 is 2.50 bits per heavy atom. The number of carbonyl (C=O) groups excluding carboxylic acids is 1. The highest BCUT2D eigenvalue weighted by atomic mass is 16.2. The number of nitrogens with two attached hydrogens (primary N) is 1. The number of hydrogen-bond donors (Lipinski definition) is 1. The summed E-state index contributed by atoms with van der Waals surface area (Å²) in [4.78, 5) is 33.3. The minimum absolute atomic E-state index is 0. The number of aromatic nitrogens is 2. The van der Waals surface area contributed by atoms with Crippen LogP contribution in [0.15, 0.2) is 59.7 Å². The first kappa shape index (κ1) is 24.6. The van der Waals surface area contributed by atoms with Crippen molar-refractivity contribution in [3.63, 3.8) is 0 Å². The number of amides is 1. The Morgan fingerprint density at radius 1 is 1.00 bits per heavy atom. The summed E-state index contributed by atoms with van der Waals surface area (Å²) in [7, 11) is 0. The third kappa shape index (κ3) is 3.69. The molecule has 1 aromatic heterocycles. The molecule has 0 bridgehead atoms. The predicted octanol–water partition coefficient (Wildman–Crippen LogP) is 4.09. The summed E-state index contributed by atoms with van der Waals surface area (Å²) in [5, 5.41) is 0. The largest absolute Gasteiger partial charge is 0.355 e. The molecule has 4 heterocycles. The van der Waals surface area contributed by atoms with Crippen LogP contribution in [-0.2, 0) is 17.8 Å². The van der Waals surface area contributed by atoms with E-state index in [-0.39, 0.29) is 24.8 Å². The second-order valence-electron chi connectivity index (χ2n) is 10.7. The molecule has 0 unspecified atom stereocenters. The van der Waals surface area contributed by atoms with Crippen molar-refractivity contribution in [1.29, 1.82) is 0 Å². The van der Waals surface area contributed by atoms with Crippen molar-refractivity contribution in [3.8, 4) is 0 Å². The maximum atomic E-state index is 12.2. The second kappa shape index (κ2) is 9.20. The zero-order valence-corrected chi connectivity index (χ0v) is 21.1. The lowest BCUT2D eigenvalue weighted by Gasteiger charge is -2.42. The van der Waals surface area contributed by atoms with E-state index in [1.165, 1.54) is 11.1 Å². The normalized spacial score (nSPS) is 20.9. The Morgan fingerprint density at radius 2 is 1.74 bits per heavy atom. The number of nitrogens with zero attached hydrogens (tertiary/aromatic N) is 6. The van der Waals surface area contributed by atoms with Crippen molar-refractivity contribution in [1.82, 2.24) is 9.97 Å². The van der Waals surface area contributed by atoms with Gasteiger partial charge in [0, 0.05) is 39.1 Å². The summed E-state index contributed by atoms with van der Waals surface area (Å²) in [6, 6.07) is 16.8. The topological polar surface area (TPSA) is 91.0 Å². The summed E-state index contributed by atoms with van der Waals surface area (Å²) in [6.45, 7) is 5.30. The highest BCUT2D eigenvalue weighted by Crippen LogP contribution is 2.51. The average Bonchev–Trinajstić information content (AvgIpc) is 3.47. The monoisotopic (exact) mass is 509 g/mol. The number of benzene rings is 2. The van der Waals surface area contributed by atoms with E-state index in [4.69, 9.17) is 20.7 Å². The van der Waals surface area contributed by atoms with Crippen molar-refractivity contribution < 1.29 is 4.79 Å². The first-order valence-electron chi connectivity index (χ1n) is 13.2. The van der Waals surface area contributed by atoms with Crippen LogP contribution in [0.2, 0.25) is 0 Å². The molecule has 0 saturated carbocycles. The maximum absolute atomic E-state index is 12.2. The van der Waals surface area contributed by atoms with Crippen molar-refractivity contribution in [2.45, 2.75) is 46.2 Å². The number of rotatable bonds is 1.